The van der Waals surface area contributed by atoms with Crippen molar-refractivity contribution >= 4 is 6.29 Å². The summed E-state index contributed by atoms with van der Waals surface area (Å²) >= 11 is 0. The highest BCUT2D eigenvalue weighted by molar-refractivity contribution is 5.64. The van der Waals surface area contributed by atoms with Gasteiger partial charge in [-0.25, -0.2) is 0 Å². The molecule has 0 aromatic carbocycles. The summed E-state index contributed by atoms with van der Waals surface area (Å²) in [7, 11) is 0. The van der Waals surface area contributed by atoms with Gasteiger partial charge in [-0.3, -0.25) is 4.79 Å². The first-order valence-corrected chi connectivity index (χ1v) is 4.16. The Balaban J connectivity index is 2.06. The predicted molar refractivity (Wildman–Crippen MR) is 43.4 cm³/mol. The van der Waals surface area contributed by atoms with Crippen LogP contribution in [0.5, 0.6) is 0 Å². The number of epoxide rings is 1. The lowest BCUT2D eigenvalue weighted by atomic mass is 10.1. The fraction of sp³-hybridized carbons (Fsp3) is 0.667. The number of ether oxygens (including phenoxy) is 1. The molecule has 0 aliphatic carbocycles. The van der Waals surface area contributed by atoms with Gasteiger partial charge < -0.3 is 4.74 Å². The Morgan fingerprint density at radius 1 is 1.55 bits per heavy atom. The van der Waals surface area contributed by atoms with Crippen molar-refractivity contribution in [2.24, 2.45) is 0 Å². The van der Waals surface area contributed by atoms with Gasteiger partial charge in [0.15, 0.2) is 0 Å². The Bertz CT molecular complexity index is 152. The topological polar surface area (TPSA) is 29.6 Å². The SMILES string of the molecule is CCCCC1OC1/C=C/C=O. The Hall–Kier alpha value is -0.630. The van der Waals surface area contributed by atoms with Crippen LogP contribution < -0.4 is 0 Å². The minimum atomic E-state index is 0.228. The van der Waals surface area contributed by atoms with Crippen LogP contribution in [-0.4, -0.2) is 18.5 Å². The summed E-state index contributed by atoms with van der Waals surface area (Å²) in [6, 6.07) is 0. The molecule has 2 atom stereocenters. The third-order valence-corrected chi connectivity index (χ3v) is 1.84. The van der Waals surface area contributed by atoms with Gasteiger partial charge in [0, 0.05) is 0 Å². The Labute approximate surface area is 67.2 Å². The molecule has 0 aromatic heterocycles. The van der Waals surface area contributed by atoms with Crippen molar-refractivity contribution in [1.29, 1.82) is 0 Å². The summed E-state index contributed by atoms with van der Waals surface area (Å²) in [6.45, 7) is 2.17. The fourth-order valence-electron chi connectivity index (χ4n) is 1.12. The third-order valence-electron chi connectivity index (χ3n) is 1.84. The second kappa shape index (κ2) is 4.29. The molecule has 1 rings (SSSR count). The van der Waals surface area contributed by atoms with Crippen molar-refractivity contribution in [3.05, 3.63) is 12.2 Å². The van der Waals surface area contributed by atoms with E-state index in [1.54, 1.807) is 0 Å². The van der Waals surface area contributed by atoms with Crippen LogP contribution in [0, 0.1) is 0 Å². The lowest BCUT2D eigenvalue weighted by Gasteiger charge is -1.88. The van der Waals surface area contributed by atoms with Crippen LogP contribution in [-0.2, 0) is 9.53 Å². The van der Waals surface area contributed by atoms with Gasteiger partial charge in [0.1, 0.15) is 12.4 Å². The number of hydrogen-bond acceptors (Lipinski definition) is 2. The summed E-state index contributed by atoms with van der Waals surface area (Å²) < 4.78 is 5.28. The highest BCUT2D eigenvalue weighted by Crippen LogP contribution is 2.27. The normalized spacial score (nSPS) is 29.2. The second-order valence-corrected chi connectivity index (χ2v) is 2.80. The minimum Gasteiger partial charge on any atom is -0.365 e. The van der Waals surface area contributed by atoms with Crippen molar-refractivity contribution in [3.8, 4) is 0 Å². The van der Waals surface area contributed by atoms with Gasteiger partial charge in [0.2, 0.25) is 0 Å². The number of allylic oxidation sites excluding steroid dienone is 1. The van der Waals surface area contributed by atoms with Crippen molar-refractivity contribution in [3.63, 3.8) is 0 Å². The molecule has 2 heteroatoms. The van der Waals surface area contributed by atoms with E-state index in [2.05, 4.69) is 6.92 Å². The molecule has 1 fully saturated rings. The molecule has 0 N–H and O–H groups in total. The van der Waals surface area contributed by atoms with Gasteiger partial charge in [-0.2, -0.15) is 0 Å². The highest BCUT2D eigenvalue weighted by atomic mass is 16.6. The molecule has 1 aliphatic rings. The monoisotopic (exact) mass is 154 g/mol. The van der Waals surface area contributed by atoms with Gasteiger partial charge in [-0.15, -0.1) is 0 Å². The Morgan fingerprint density at radius 2 is 2.36 bits per heavy atom. The summed E-state index contributed by atoms with van der Waals surface area (Å²) in [4.78, 5) is 9.92. The molecule has 0 saturated carbocycles. The van der Waals surface area contributed by atoms with Crippen LogP contribution in [0.25, 0.3) is 0 Å². The van der Waals surface area contributed by atoms with Gasteiger partial charge >= 0.3 is 0 Å². The lowest BCUT2D eigenvalue weighted by Crippen LogP contribution is -1.89. The first kappa shape index (κ1) is 8.47. The molecule has 0 amide bonds. The van der Waals surface area contributed by atoms with E-state index in [9.17, 15) is 4.79 Å². The van der Waals surface area contributed by atoms with E-state index in [1.807, 2.05) is 6.08 Å². The molecule has 1 aliphatic heterocycles. The zero-order valence-corrected chi connectivity index (χ0v) is 6.82. The molecule has 1 saturated heterocycles. The van der Waals surface area contributed by atoms with Gasteiger partial charge in [-0.1, -0.05) is 25.8 Å². The first-order valence-electron chi connectivity index (χ1n) is 4.16. The average Bonchev–Trinajstić information content (AvgIpc) is 2.76. The van der Waals surface area contributed by atoms with E-state index in [-0.39, 0.29) is 6.10 Å². The van der Waals surface area contributed by atoms with E-state index in [4.69, 9.17) is 4.74 Å². The number of carbonyl (C=O) groups is 1. The zero-order chi connectivity index (χ0) is 8.10. The molecule has 11 heavy (non-hydrogen) atoms. The minimum absolute atomic E-state index is 0.228. The Kier molecular flexibility index (Phi) is 3.30. The van der Waals surface area contributed by atoms with Crippen molar-refractivity contribution in [1.82, 2.24) is 0 Å². The van der Waals surface area contributed by atoms with Crippen molar-refractivity contribution in [2.75, 3.05) is 0 Å². The molecular weight excluding hydrogens is 140 g/mol. The van der Waals surface area contributed by atoms with Crippen LogP contribution >= 0.6 is 0 Å². The van der Waals surface area contributed by atoms with E-state index >= 15 is 0 Å². The lowest BCUT2D eigenvalue weighted by molar-refractivity contribution is -0.104. The quantitative estimate of drug-likeness (QED) is 0.342. The third kappa shape index (κ3) is 2.85. The van der Waals surface area contributed by atoms with Crippen LogP contribution in [0.2, 0.25) is 0 Å². The highest BCUT2D eigenvalue weighted by Gasteiger charge is 2.35. The van der Waals surface area contributed by atoms with E-state index in [0.717, 1.165) is 12.7 Å². The van der Waals surface area contributed by atoms with Gasteiger partial charge in [-0.05, 0) is 12.5 Å². The summed E-state index contributed by atoms with van der Waals surface area (Å²) in [5.41, 5.74) is 0. The molecule has 0 spiro atoms. The number of aldehydes is 1. The van der Waals surface area contributed by atoms with Crippen LogP contribution in [0.1, 0.15) is 26.2 Å². The van der Waals surface area contributed by atoms with Gasteiger partial charge in [0.05, 0.1) is 6.10 Å². The first-order chi connectivity index (χ1) is 5.38. The number of carbonyl (C=O) groups excluding carboxylic acids is 1. The summed E-state index contributed by atoms with van der Waals surface area (Å²) in [5.74, 6) is 0. The number of unbranched alkanes of at least 4 members (excludes halogenated alkanes) is 1. The van der Waals surface area contributed by atoms with Crippen molar-refractivity contribution in [2.45, 2.75) is 38.4 Å². The van der Waals surface area contributed by atoms with Crippen LogP contribution in [0.4, 0.5) is 0 Å². The Morgan fingerprint density at radius 3 is 3.00 bits per heavy atom. The average molecular weight is 154 g/mol. The molecule has 2 unspecified atom stereocenters. The van der Waals surface area contributed by atoms with Crippen LogP contribution in [0.3, 0.4) is 0 Å². The molecular formula is C9H14O2. The maximum absolute atomic E-state index is 9.92. The largest absolute Gasteiger partial charge is 0.365 e. The van der Waals surface area contributed by atoms with E-state index < -0.39 is 0 Å². The van der Waals surface area contributed by atoms with E-state index in [0.29, 0.717) is 6.10 Å². The second-order valence-electron chi connectivity index (χ2n) is 2.80. The standard InChI is InChI=1S/C9H14O2/c1-2-3-5-8-9(11-8)6-4-7-10/h4,6-9H,2-3,5H2,1H3/b6-4+. The summed E-state index contributed by atoms with van der Waals surface area (Å²) in [5, 5.41) is 0. The maximum atomic E-state index is 9.92. The number of rotatable bonds is 5. The molecule has 0 aromatic rings. The molecule has 2 nitrogen and oxygen atoms in total. The van der Waals surface area contributed by atoms with Crippen LogP contribution in [0.15, 0.2) is 12.2 Å². The molecule has 1 heterocycles. The smallest absolute Gasteiger partial charge is 0.142 e. The zero-order valence-electron chi connectivity index (χ0n) is 6.82. The van der Waals surface area contributed by atoms with Gasteiger partial charge in [0.25, 0.3) is 0 Å². The molecule has 0 bridgehead atoms. The summed E-state index contributed by atoms with van der Waals surface area (Å²) in [6.07, 6.45) is 8.31. The molecule has 62 valence electrons. The van der Waals surface area contributed by atoms with Crippen molar-refractivity contribution < 1.29 is 9.53 Å². The molecule has 0 radical (unpaired) electrons. The maximum Gasteiger partial charge on any atom is 0.142 e. The fourth-order valence-corrected chi connectivity index (χ4v) is 1.12. The number of hydrogen-bond donors (Lipinski definition) is 0. The predicted octanol–water partition coefficient (Wildman–Crippen LogP) is 1.70. The van der Waals surface area contributed by atoms with E-state index in [1.165, 1.54) is 18.9 Å².